The summed E-state index contributed by atoms with van der Waals surface area (Å²) in [6.45, 7) is -4.23. The normalized spacial score (nSPS) is 93.6. The Kier molecular flexibility index (Phi) is 0.408. The third kappa shape index (κ3) is 1.45. The predicted octanol–water partition coefficient (Wildman–Crippen LogP) is -0.269. The molecule has 1 fully saturated rings. The zero-order valence-corrected chi connectivity index (χ0v) is 3.60. The van der Waals surface area contributed by atoms with E-state index >= 15 is 0 Å². The van der Waals surface area contributed by atoms with Gasteiger partial charge in [-0.15, -0.1) is 0 Å². The van der Waals surface area contributed by atoms with Gasteiger partial charge in [0.15, 0.2) is 0 Å². The Morgan fingerprint density at radius 2 is 2.86 bits per heavy atom. The summed E-state index contributed by atoms with van der Waals surface area (Å²) in [5.41, 5.74) is 0. The topological polar surface area (TPSA) is 32.3 Å². The molecule has 7 heavy (non-hydrogen) atoms. The molecule has 0 aromatic rings. The summed E-state index contributed by atoms with van der Waals surface area (Å²) in [4.78, 5) is 0. The molecule has 3 atom stereocenters. The molecule has 2 N–H and O–H groups in total. The van der Waals surface area contributed by atoms with E-state index in [0.29, 0.717) is 0 Å². The van der Waals surface area contributed by atoms with E-state index in [9.17, 15) is 5.11 Å². The summed E-state index contributed by atoms with van der Waals surface area (Å²) in [7, 11) is 0. The molecule has 1 aliphatic heterocycles. The maximum atomic E-state index is 9.38. The Morgan fingerprint density at radius 3 is 3.71 bits per heavy atom. The van der Waals surface area contributed by atoms with Crippen molar-refractivity contribution in [3.8, 4) is 0 Å². The lowest BCUT2D eigenvalue weighted by Gasteiger charge is -2.16. The second-order valence-electron chi connectivity index (χ2n) is 1.11. The highest BCUT2D eigenvalue weighted by Gasteiger charge is 2.06. The van der Waals surface area contributed by atoms with Gasteiger partial charge in [0.25, 0.3) is 0 Å². The Hall–Kier alpha value is -0.0800. The molecule has 2 heteroatoms. The molecule has 1 aliphatic rings. The van der Waals surface area contributed by atoms with Gasteiger partial charge >= 0.3 is 0 Å². The van der Waals surface area contributed by atoms with Gasteiger partial charge in [0.05, 0.1) is 7.45 Å². The van der Waals surface area contributed by atoms with Crippen LogP contribution in [0.25, 0.3) is 0 Å². The standard InChI is InChI=1S/C5H11NO/c7-5-1-3-6-4-2-5/h5-7H,1-4H2/i1D,2D2,3D,4D2,5D. The fourth-order valence-electron chi connectivity index (χ4n) is 0.304. The second kappa shape index (κ2) is 2.28. The van der Waals surface area contributed by atoms with Crippen molar-refractivity contribution < 1.29 is 14.7 Å². The third-order valence-corrected chi connectivity index (χ3v) is 0.587. The zero-order valence-electron chi connectivity index (χ0n) is 10.6. The quantitative estimate of drug-likeness (QED) is 0.448. The van der Waals surface area contributed by atoms with Crippen LogP contribution in [0.2, 0.25) is 0 Å². The minimum Gasteiger partial charge on any atom is -0.393 e. The number of piperidine rings is 1. The highest BCUT2D eigenvalue weighted by atomic mass is 16.3. The Balaban J connectivity index is 3.15. The van der Waals surface area contributed by atoms with Crippen molar-refractivity contribution in [2.24, 2.45) is 0 Å². The van der Waals surface area contributed by atoms with E-state index in [2.05, 4.69) is 0 Å². The Bertz CT molecular complexity index is 242. The summed E-state index contributed by atoms with van der Waals surface area (Å²) < 4.78 is 50.5. The SMILES string of the molecule is [2H]C1NC([2H])([2H])C([2H])([2H])C([2H])(O)C1[2H]. The Morgan fingerprint density at radius 1 is 2.00 bits per heavy atom. The van der Waals surface area contributed by atoms with Crippen LogP contribution in [0.1, 0.15) is 22.4 Å². The molecule has 0 spiro atoms. The first-order valence-electron chi connectivity index (χ1n) is 5.54. The average Bonchev–Trinajstić information content (AvgIpc) is 1.99. The highest BCUT2D eigenvalue weighted by molar-refractivity contribution is 4.65. The van der Waals surface area contributed by atoms with Gasteiger partial charge in [-0.05, 0) is 25.8 Å². The molecule has 1 saturated heterocycles. The molecule has 0 aliphatic carbocycles. The van der Waals surface area contributed by atoms with Gasteiger partial charge < -0.3 is 10.4 Å². The molecule has 42 valence electrons. The molecular formula is C5H11NO. The van der Waals surface area contributed by atoms with E-state index < -0.39 is 31.9 Å². The molecule has 0 radical (unpaired) electrons. The predicted molar refractivity (Wildman–Crippen MR) is 28.1 cm³/mol. The molecule has 3 unspecified atom stereocenters. The van der Waals surface area contributed by atoms with Crippen LogP contribution in [0.4, 0.5) is 0 Å². The molecule has 0 aromatic heterocycles. The van der Waals surface area contributed by atoms with Crippen LogP contribution in [0.15, 0.2) is 0 Å². The van der Waals surface area contributed by atoms with Gasteiger partial charge in [0, 0.05) is 8.22 Å². The van der Waals surface area contributed by atoms with Gasteiger partial charge in [-0.25, -0.2) is 0 Å². The van der Waals surface area contributed by atoms with Gasteiger partial charge in [-0.2, -0.15) is 0 Å². The van der Waals surface area contributed by atoms with Crippen LogP contribution >= 0.6 is 0 Å². The van der Waals surface area contributed by atoms with Crippen LogP contribution in [0.5, 0.6) is 0 Å². The third-order valence-electron chi connectivity index (χ3n) is 0.587. The number of hydrogen-bond acceptors (Lipinski definition) is 2. The van der Waals surface area contributed by atoms with Crippen molar-refractivity contribution in [3.63, 3.8) is 0 Å². The number of aliphatic hydroxyl groups is 1. The summed E-state index contributed by atoms with van der Waals surface area (Å²) in [5, 5.41) is 11.3. The lowest BCUT2D eigenvalue weighted by atomic mass is 10.1. The van der Waals surface area contributed by atoms with E-state index in [1.54, 1.807) is 0 Å². The first kappa shape index (κ1) is 1.25. The second-order valence-corrected chi connectivity index (χ2v) is 1.11. The summed E-state index contributed by atoms with van der Waals surface area (Å²) >= 11 is 0. The van der Waals surface area contributed by atoms with Gasteiger partial charge in [-0.3, -0.25) is 0 Å². The van der Waals surface area contributed by atoms with E-state index in [1.807, 2.05) is 5.32 Å². The van der Waals surface area contributed by atoms with Crippen LogP contribution in [0, 0.1) is 0 Å². The number of nitrogens with one attached hydrogen (secondary N) is 1. The van der Waals surface area contributed by atoms with Crippen molar-refractivity contribution in [3.05, 3.63) is 0 Å². The van der Waals surface area contributed by atoms with Gasteiger partial charge in [-0.1, -0.05) is 0 Å². The van der Waals surface area contributed by atoms with Gasteiger partial charge in [0.1, 0.15) is 0 Å². The maximum Gasteiger partial charge on any atom is 0.0601 e. The first-order chi connectivity index (χ1) is 6.04. The van der Waals surface area contributed by atoms with Gasteiger partial charge in [0.2, 0.25) is 0 Å². The summed E-state index contributed by atoms with van der Waals surface area (Å²) in [6, 6.07) is 0. The van der Waals surface area contributed by atoms with Crippen molar-refractivity contribution in [1.82, 2.24) is 5.32 Å². The van der Waals surface area contributed by atoms with E-state index in [4.69, 9.17) is 9.60 Å². The first-order valence-corrected chi connectivity index (χ1v) is 1.88. The zero-order chi connectivity index (χ0) is 11.4. The molecule has 2 nitrogen and oxygen atoms in total. The smallest absolute Gasteiger partial charge is 0.0601 e. The minimum atomic E-state index is -2.94. The monoisotopic (exact) mass is 108 g/mol. The lowest BCUT2D eigenvalue weighted by Crippen LogP contribution is -2.30. The largest absolute Gasteiger partial charge is 0.393 e. The van der Waals surface area contributed by atoms with E-state index in [1.165, 1.54) is 0 Å². The van der Waals surface area contributed by atoms with Crippen molar-refractivity contribution in [1.29, 1.82) is 0 Å². The molecule has 0 saturated carbocycles. The molecule has 0 amide bonds. The van der Waals surface area contributed by atoms with Crippen LogP contribution < -0.4 is 5.32 Å². The maximum absolute atomic E-state index is 9.38. The molecule has 1 rings (SSSR count). The number of rotatable bonds is 0. The van der Waals surface area contributed by atoms with Crippen molar-refractivity contribution >= 4 is 0 Å². The van der Waals surface area contributed by atoms with Crippen molar-refractivity contribution in [2.75, 3.05) is 13.0 Å². The fourth-order valence-corrected chi connectivity index (χ4v) is 0.304. The van der Waals surface area contributed by atoms with Crippen molar-refractivity contribution in [2.45, 2.75) is 18.8 Å². The summed E-state index contributed by atoms with van der Waals surface area (Å²) in [5.74, 6) is 0. The number of hydrogen-bond donors (Lipinski definition) is 2. The Labute approximate surface area is 53.4 Å². The highest BCUT2D eigenvalue weighted by Crippen LogP contribution is 1.99. The van der Waals surface area contributed by atoms with Crippen LogP contribution in [-0.4, -0.2) is 24.2 Å². The molecular weight excluding hydrogens is 90.1 g/mol. The molecule has 0 aromatic carbocycles. The lowest BCUT2D eigenvalue weighted by molar-refractivity contribution is 0.137. The summed E-state index contributed by atoms with van der Waals surface area (Å²) in [6.07, 6.45) is -7.64. The molecule has 0 bridgehead atoms. The van der Waals surface area contributed by atoms with E-state index in [0.717, 1.165) is 0 Å². The molecule has 1 heterocycles. The minimum absolute atomic E-state index is 1.53. The van der Waals surface area contributed by atoms with E-state index in [-0.39, 0.29) is 0 Å². The van der Waals surface area contributed by atoms with Crippen LogP contribution in [-0.2, 0) is 0 Å². The van der Waals surface area contributed by atoms with Crippen LogP contribution in [0.3, 0.4) is 0 Å². The fraction of sp³-hybridized carbons (Fsp3) is 1.00. The average molecular weight is 108 g/mol.